The van der Waals surface area contributed by atoms with Crippen molar-refractivity contribution in [1.29, 1.82) is 0 Å². The summed E-state index contributed by atoms with van der Waals surface area (Å²) in [6.45, 7) is 7.56. The van der Waals surface area contributed by atoms with Crippen LogP contribution in [0.2, 0.25) is 0 Å². The molecule has 0 heterocycles. The molecule has 0 spiro atoms. The van der Waals surface area contributed by atoms with Gasteiger partial charge in [-0.05, 0) is 85.2 Å². The molecule has 6 heteroatoms. The zero-order valence-electron chi connectivity index (χ0n) is 15.9. The molecular weight excluding hydrogens is 521 g/mol. The summed E-state index contributed by atoms with van der Waals surface area (Å²) in [5.41, 5.74) is 2.48. The van der Waals surface area contributed by atoms with Gasteiger partial charge in [0.05, 0.1) is 6.42 Å². The van der Waals surface area contributed by atoms with E-state index in [1.807, 2.05) is 58.0 Å². The van der Waals surface area contributed by atoms with Gasteiger partial charge in [-0.2, -0.15) is 0 Å². The minimum atomic E-state index is -0.546. The van der Waals surface area contributed by atoms with E-state index in [2.05, 4.69) is 43.8 Å². The largest absolute Gasteiger partial charge is 0.460 e. The molecule has 1 N–H and O–H groups in total. The van der Waals surface area contributed by atoms with Crippen LogP contribution in [0.3, 0.4) is 0 Å². The molecule has 27 heavy (non-hydrogen) atoms. The molecule has 0 bridgehead atoms. The van der Waals surface area contributed by atoms with Crippen molar-refractivity contribution in [2.45, 2.75) is 46.1 Å². The van der Waals surface area contributed by atoms with Gasteiger partial charge in [0.25, 0.3) is 5.91 Å². The number of esters is 1. The second-order valence-corrected chi connectivity index (χ2v) is 9.38. The van der Waals surface area contributed by atoms with Crippen molar-refractivity contribution in [1.82, 2.24) is 0 Å². The van der Waals surface area contributed by atoms with E-state index in [0.29, 0.717) is 11.3 Å². The van der Waals surface area contributed by atoms with Gasteiger partial charge in [-0.25, -0.2) is 0 Å². The molecule has 0 fully saturated rings. The number of nitrogens with one attached hydrogen (secondary N) is 1. The van der Waals surface area contributed by atoms with Crippen LogP contribution in [0.25, 0.3) is 0 Å². The second kappa shape index (κ2) is 9.19. The van der Waals surface area contributed by atoms with E-state index in [-0.39, 0.29) is 18.3 Å². The van der Waals surface area contributed by atoms with Gasteiger partial charge in [0.2, 0.25) is 0 Å². The fourth-order valence-electron chi connectivity index (χ4n) is 2.55. The summed E-state index contributed by atoms with van der Waals surface area (Å²) in [5, 5.41) is 2.93. The number of rotatable bonds is 5. The third-order valence-electron chi connectivity index (χ3n) is 3.71. The highest BCUT2D eigenvalue weighted by Gasteiger charge is 2.19. The van der Waals surface area contributed by atoms with Crippen LogP contribution >= 0.6 is 38.5 Å². The number of amides is 1. The van der Waals surface area contributed by atoms with Gasteiger partial charge in [-0.1, -0.05) is 35.0 Å². The van der Waals surface area contributed by atoms with Crippen molar-refractivity contribution in [3.05, 3.63) is 61.1 Å². The standard InChI is InChI=1S/C21H23BrINO3/c1-5-13-6-7-18(14(8-13)11-19(25)27-21(2,3)4)24-20(26)15-9-16(22)12-17(23)10-15/h6-10,12H,5,11H2,1-4H3,(H,24,26). The van der Waals surface area contributed by atoms with Crippen molar-refractivity contribution in [2.24, 2.45) is 0 Å². The highest BCUT2D eigenvalue weighted by molar-refractivity contribution is 14.1. The van der Waals surface area contributed by atoms with Crippen LogP contribution < -0.4 is 5.32 Å². The van der Waals surface area contributed by atoms with Gasteiger partial charge >= 0.3 is 5.97 Å². The van der Waals surface area contributed by atoms with E-state index in [4.69, 9.17) is 4.74 Å². The smallest absolute Gasteiger partial charge is 0.310 e. The molecular formula is C21H23BrINO3. The molecule has 0 aliphatic carbocycles. The topological polar surface area (TPSA) is 55.4 Å². The van der Waals surface area contributed by atoms with Gasteiger partial charge < -0.3 is 10.1 Å². The van der Waals surface area contributed by atoms with Crippen LogP contribution in [0.5, 0.6) is 0 Å². The summed E-state index contributed by atoms with van der Waals surface area (Å²) in [6.07, 6.45) is 0.954. The third kappa shape index (κ3) is 6.92. The Morgan fingerprint density at radius 2 is 1.85 bits per heavy atom. The van der Waals surface area contributed by atoms with Crippen LogP contribution in [-0.4, -0.2) is 17.5 Å². The quantitative estimate of drug-likeness (QED) is 0.386. The molecule has 1 amide bonds. The summed E-state index contributed by atoms with van der Waals surface area (Å²) in [6, 6.07) is 11.3. The van der Waals surface area contributed by atoms with E-state index >= 15 is 0 Å². The zero-order chi connectivity index (χ0) is 20.2. The predicted octanol–water partition coefficient (Wildman–Crippen LogP) is 5.75. The number of anilines is 1. The Morgan fingerprint density at radius 3 is 2.44 bits per heavy atom. The van der Waals surface area contributed by atoms with Gasteiger partial charge in [0, 0.05) is 19.3 Å². The molecule has 0 aliphatic heterocycles. The minimum Gasteiger partial charge on any atom is -0.460 e. The Kier molecular flexibility index (Phi) is 7.45. The van der Waals surface area contributed by atoms with Crippen LogP contribution in [0.1, 0.15) is 49.2 Å². The average Bonchev–Trinajstić information content (AvgIpc) is 2.53. The normalized spacial score (nSPS) is 11.2. The van der Waals surface area contributed by atoms with E-state index < -0.39 is 5.60 Å². The fourth-order valence-corrected chi connectivity index (χ4v) is 4.14. The second-order valence-electron chi connectivity index (χ2n) is 7.22. The van der Waals surface area contributed by atoms with E-state index in [9.17, 15) is 9.59 Å². The lowest BCUT2D eigenvalue weighted by Crippen LogP contribution is -2.25. The number of halogens is 2. The summed E-state index contributed by atoms with van der Waals surface area (Å²) in [5.74, 6) is -0.535. The maximum atomic E-state index is 12.7. The Morgan fingerprint density at radius 1 is 1.15 bits per heavy atom. The molecule has 0 unspecified atom stereocenters. The first-order valence-corrected chi connectivity index (χ1v) is 10.6. The van der Waals surface area contributed by atoms with Crippen molar-refractivity contribution in [2.75, 3.05) is 5.32 Å². The molecule has 2 aromatic rings. The Balaban J connectivity index is 2.27. The Bertz CT molecular complexity index is 839. The summed E-state index contributed by atoms with van der Waals surface area (Å²) in [7, 11) is 0. The van der Waals surface area contributed by atoms with E-state index in [0.717, 1.165) is 25.6 Å². The molecule has 0 atom stereocenters. The molecule has 0 saturated carbocycles. The molecule has 2 rings (SSSR count). The Labute approximate surface area is 182 Å². The number of carbonyl (C=O) groups is 2. The zero-order valence-corrected chi connectivity index (χ0v) is 19.6. The number of aryl methyl sites for hydroxylation is 1. The number of ether oxygens (including phenoxy) is 1. The lowest BCUT2D eigenvalue weighted by molar-refractivity contribution is -0.153. The molecule has 0 saturated heterocycles. The van der Waals surface area contributed by atoms with Crippen molar-refractivity contribution < 1.29 is 14.3 Å². The molecule has 0 radical (unpaired) electrons. The monoisotopic (exact) mass is 543 g/mol. The van der Waals surface area contributed by atoms with E-state index in [1.165, 1.54) is 0 Å². The molecule has 0 aromatic heterocycles. The van der Waals surface area contributed by atoms with Gasteiger partial charge in [-0.15, -0.1) is 0 Å². The first-order valence-electron chi connectivity index (χ1n) is 8.68. The summed E-state index contributed by atoms with van der Waals surface area (Å²) in [4.78, 5) is 25.0. The predicted molar refractivity (Wildman–Crippen MR) is 120 cm³/mol. The van der Waals surface area contributed by atoms with Crippen molar-refractivity contribution >= 4 is 56.1 Å². The third-order valence-corrected chi connectivity index (χ3v) is 4.79. The maximum absolute atomic E-state index is 12.7. The van der Waals surface area contributed by atoms with Crippen LogP contribution in [-0.2, 0) is 22.4 Å². The highest BCUT2D eigenvalue weighted by atomic mass is 127. The van der Waals surface area contributed by atoms with Gasteiger partial charge in [-0.3, -0.25) is 9.59 Å². The minimum absolute atomic E-state index is 0.108. The van der Waals surface area contributed by atoms with Gasteiger partial charge in [0.1, 0.15) is 5.60 Å². The molecule has 144 valence electrons. The SMILES string of the molecule is CCc1ccc(NC(=O)c2cc(Br)cc(I)c2)c(CC(=O)OC(C)(C)C)c1. The fraction of sp³-hybridized carbons (Fsp3) is 0.333. The van der Waals surface area contributed by atoms with Crippen molar-refractivity contribution in [3.8, 4) is 0 Å². The molecule has 4 nitrogen and oxygen atoms in total. The summed E-state index contributed by atoms with van der Waals surface area (Å²) >= 11 is 5.58. The Hall–Kier alpha value is -1.41. The lowest BCUT2D eigenvalue weighted by Gasteiger charge is -2.20. The first kappa shape index (κ1) is 21.9. The number of benzene rings is 2. The lowest BCUT2D eigenvalue weighted by atomic mass is 10.0. The first-order chi connectivity index (χ1) is 12.6. The number of carbonyl (C=O) groups excluding carboxylic acids is 2. The highest BCUT2D eigenvalue weighted by Crippen LogP contribution is 2.23. The molecule has 0 aliphatic rings. The average molecular weight is 544 g/mol. The maximum Gasteiger partial charge on any atom is 0.310 e. The number of hydrogen-bond acceptors (Lipinski definition) is 3. The van der Waals surface area contributed by atoms with Crippen LogP contribution in [0.4, 0.5) is 5.69 Å². The van der Waals surface area contributed by atoms with Crippen molar-refractivity contribution in [3.63, 3.8) is 0 Å². The summed E-state index contributed by atoms with van der Waals surface area (Å²) < 4.78 is 7.24. The van der Waals surface area contributed by atoms with Crippen LogP contribution in [0.15, 0.2) is 40.9 Å². The van der Waals surface area contributed by atoms with Gasteiger partial charge in [0.15, 0.2) is 0 Å². The molecule has 2 aromatic carbocycles. The van der Waals surface area contributed by atoms with E-state index in [1.54, 1.807) is 6.07 Å². The number of hydrogen-bond donors (Lipinski definition) is 1. The van der Waals surface area contributed by atoms with Crippen LogP contribution in [0, 0.1) is 3.57 Å².